The van der Waals surface area contributed by atoms with Gasteiger partial charge in [-0.1, -0.05) is 6.07 Å². The zero-order valence-corrected chi connectivity index (χ0v) is 7.25. The monoisotopic (exact) mass is 177 g/mol. The van der Waals surface area contributed by atoms with E-state index in [1.165, 1.54) is 5.56 Å². The second-order valence-electron chi connectivity index (χ2n) is 3.36. The average Bonchev–Trinajstić information content (AvgIpc) is 3.00. The summed E-state index contributed by atoms with van der Waals surface area (Å²) in [4.78, 5) is 0. The highest BCUT2D eigenvalue weighted by molar-refractivity contribution is 5.45. The first-order chi connectivity index (χ1) is 6.43. The lowest BCUT2D eigenvalue weighted by Crippen LogP contribution is -2.15. The number of rotatable bonds is 1. The Hall–Kier alpha value is -1.22. The number of ether oxygens (including phenoxy) is 2. The molecule has 2 heterocycles. The van der Waals surface area contributed by atoms with E-state index in [2.05, 4.69) is 17.4 Å². The Bertz CT molecular complexity index is 334. The Labute approximate surface area is 76.7 Å². The van der Waals surface area contributed by atoms with Crippen molar-refractivity contribution < 1.29 is 9.47 Å². The molecule has 1 aromatic carbocycles. The third-order valence-corrected chi connectivity index (χ3v) is 2.38. The smallest absolute Gasteiger partial charge is 0.161 e. The predicted octanol–water partition coefficient (Wildman–Crippen LogP) is 1.10. The molecule has 1 saturated heterocycles. The summed E-state index contributed by atoms with van der Waals surface area (Å²) in [6, 6.07) is 6.69. The van der Waals surface area contributed by atoms with Gasteiger partial charge in [0.15, 0.2) is 11.5 Å². The van der Waals surface area contributed by atoms with Crippen LogP contribution in [0.15, 0.2) is 18.2 Å². The third kappa shape index (κ3) is 1.25. The molecule has 3 rings (SSSR count). The quantitative estimate of drug-likeness (QED) is 0.653. The normalized spacial score (nSPS) is 24.2. The molecule has 0 saturated carbocycles. The number of benzene rings is 1. The highest BCUT2D eigenvalue weighted by Gasteiger charge is 2.24. The Morgan fingerprint density at radius 2 is 1.92 bits per heavy atom. The maximum atomic E-state index is 5.49. The van der Waals surface area contributed by atoms with Gasteiger partial charge >= 0.3 is 0 Å². The molecule has 0 amide bonds. The first kappa shape index (κ1) is 7.21. The van der Waals surface area contributed by atoms with Crippen LogP contribution in [0.25, 0.3) is 0 Å². The van der Waals surface area contributed by atoms with Crippen molar-refractivity contribution in [3.63, 3.8) is 0 Å². The van der Waals surface area contributed by atoms with Gasteiger partial charge in [0.2, 0.25) is 0 Å². The highest BCUT2D eigenvalue weighted by Crippen LogP contribution is 2.34. The fourth-order valence-electron chi connectivity index (χ4n) is 1.57. The molecule has 2 aliphatic heterocycles. The van der Waals surface area contributed by atoms with E-state index in [1.807, 2.05) is 6.07 Å². The van der Waals surface area contributed by atoms with Gasteiger partial charge in [0.1, 0.15) is 13.2 Å². The molecule has 13 heavy (non-hydrogen) atoms. The van der Waals surface area contributed by atoms with E-state index in [0.717, 1.165) is 18.0 Å². The lowest BCUT2D eigenvalue weighted by atomic mass is 10.1. The lowest BCUT2D eigenvalue weighted by molar-refractivity contribution is 0.171. The largest absolute Gasteiger partial charge is 0.486 e. The van der Waals surface area contributed by atoms with E-state index in [1.54, 1.807) is 0 Å². The van der Waals surface area contributed by atoms with Crippen molar-refractivity contribution in [2.45, 2.75) is 6.04 Å². The van der Waals surface area contributed by atoms with Gasteiger partial charge in [0, 0.05) is 12.6 Å². The topological polar surface area (TPSA) is 40.4 Å². The van der Waals surface area contributed by atoms with Crippen LogP contribution >= 0.6 is 0 Å². The molecule has 1 atom stereocenters. The van der Waals surface area contributed by atoms with Crippen molar-refractivity contribution in [1.82, 2.24) is 5.32 Å². The average molecular weight is 177 g/mol. The maximum absolute atomic E-state index is 5.49. The van der Waals surface area contributed by atoms with Crippen LogP contribution in [0.1, 0.15) is 11.6 Å². The first-order valence-corrected chi connectivity index (χ1v) is 4.56. The van der Waals surface area contributed by atoms with Crippen molar-refractivity contribution in [3.8, 4) is 11.5 Å². The van der Waals surface area contributed by atoms with Gasteiger partial charge in [-0.25, -0.2) is 0 Å². The summed E-state index contributed by atoms with van der Waals surface area (Å²) in [7, 11) is 0. The van der Waals surface area contributed by atoms with Crippen LogP contribution in [0.2, 0.25) is 0 Å². The number of hydrogen-bond donors (Lipinski definition) is 1. The van der Waals surface area contributed by atoms with Crippen molar-refractivity contribution in [2.24, 2.45) is 0 Å². The van der Waals surface area contributed by atoms with Gasteiger partial charge in [0.05, 0.1) is 0 Å². The zero-order valence-electron chi connectivity index (χ0n) is 7.25. The van der Waals surface area contributed by atoms with E-state index in [9.17, 15) is 0 Å². The Balaban J connectivity index is 1.98. The summed E-state index contributed by atoms with van der Waals surface area (Å²) in [5, 5.41) is 3.26. The second-order valence-corrected chi connectivity index (χ2v) is 3.36. The van der Waals surface area contributed by atoms with Crippen LogP contribution in [0, 0.1) is 0 Å². The Morgan fingerprint density at radius 3 is 2.69 bits per heavy atom. The highest BCUT2D eigenvalue weighted by atomic mass is 16.6. The second kappa shape index (κ2) is 2.64. The van der Waals surface area contributed by atoms with E-state index in [0.29, 0.717) is 19.3 Å². The van der Waals surface area contributed by atoms with Crippen LogP contribution in [0.5, 0.6) is 11.5 Å². The van der Waals surface area contributed by atoms with Gasteiger partial charge in [-0.3, -0.25) is 0 Å². The van der Waals surface area contributed by atoms with Crippen LogP contribution in [0.4, 0.5) is 0 Å². The molecule has 0 aromatic heterocycles. The predicted molar refractivity (Wildman–Crippen MR) is 48.2 cm³/mol. The summed E-state index contributed by atoms with van der Waals surface area (Å²) < 4.78 is 10.9. The number of nitrogens with one attached hydrogen (secondary N) is 1. The minimum Gasteiger partial charge on any atom is -0.486 e. The van der Waals surface area contributed by atoms with E-state index in [-0.39, 0.29) is 0 Å². The fraction of sp³-hybridized carbons (Fsp3) is 0.400. The molecule has 1 aromatic rings. The van der Waals surface area contributed by atoms with Crippen LogP contribution in [-0.2, 0) is 0 Å². The molecule has 0 bridgehead atoms. The van der Waals surface area contributed by atoms with E-state index < -0.39 is 0 Å². The zero-order chi connectivity index (χ0) is 8.67. The molecule has 2 aliphatic rings. The van der Waals surface area contributed by atoms with Crippen molar-refractivity contribution in [1.29, 1.82) is 0 Å². The van der Waals surface area contributed by atoms with E-state index >= 15 is 0 Å². The lowest BCUT2D eigenvalue weighted by Gasteiger charge is -2.18. The van der Waals surface area contributed by atoms with Gasteiger partial charge < -0.3 is 14.8 Å². The molecule has 1 N–H and O–H groups in total. The van der Waals surface area contributed by atoms with Crippen LogP contribution in [0.3, 0.4) is 0 Å². The molecule has 0 spiro atoms. The fourth-order valence-corrected chi connectivity index (χ4v) is 1.57. The van der Waals surface area contributed by atoms with E-state index in [4.69, 9.17) is 9.47 Å². The van der Waals surface area contributed by atoms with Gasteiger partial charge in [0.25, 0.3) is 0 Å². The summed E-state index contributed by atoms with van der Waals surface area (Å²) in [5.74, 6) is 1.76. The molecule has 3 heteroatoms. The first-order valence-electron chi connectivity index (χ1n) is 4.56. The van der Waals surface area contributed by atoms with Crippen molar-refractivity contribution >= 4 is 0 Å². The Kier molecular flexibility index (Phi) is 1.46. The Morgan fingerprint density at radius 1 is 1.15 bits per heavy atom. The maximum Gasteiger partial charge on any atom is 0.161 e. The molecule has 3 nitrogen and oxygen atoms in total. The minimum absolute atomic E-state index is 0.538. The molecule has 0 radical (unpaired) electrons. The van der Waals surface area contributed by atoms with Gasteiger partial charge in [-0.15, -0.1) is 0 Å². The van der Waals surface area contributed by atoms with Gasteiger partial charge in [-0.05, 0) is 17.7 Å². The summed E-state index contributed by atoms with van der Waals surface area (Å²) in [5.41, 5.74) is 1.30. The van der Waals surface area contributed by atoms with Crippen LogP contribution < -0.4 is 14.8 Å². The van der Waals surface area contributed by atoms with Crippen molar-refractivity contribution in [2.75, 3.05) is 19.8 Å². The number of hydrogen-bond acceptors (Lipinski definition) is 3. The summed E-state index contributed by atoms with van der Waals surface area (Å²) in [6.07, 6.45) is 0. The SMILES string of the molecule is c1cc2c(cc1C1CN1)OCCO2. The molecular weight excluding hydrogens is 166 g/mol. The standard InChI is InChI=1S/C10H11NO2/c1-2-9-10(13-4-3-12-9)5-7(1)8-6-11-8/h1-2,5,8,11H,3-4,6H2. The molecule has 1 fully saturated rings. The minimum atomic E-state index is 0.538. The molecule has 1 unspecified atom stereocenters. The molecule has 68 valence electrons. The summed E-state index contributed by atoms with van der Waals surface area (Å²) in [6.45, 7) is 2.40. The van der Waals surface area contributed by atoms with Crippen LogP contribution in [-0.4, -0.2) is 19.8 Å². The molecular formula is C10H11NO2. The number of fused-ring (bicyclic) bond motifs is 1. The molecule has 0 aliphatic carbocycles. The third-order valence-electron chi connectivity index (χ3n) is 2.38. The van der Waals surface area contributed by atoms with Crippen molar-refractivity contribution in [3.05, 3.63) is 23.8 Å². The summed E-state index contributed by atoms with van der Waals surface area (Å²) >= 11 is 0. The van der Waals surface area contributed by atoms with Gasteiger partial charge in [-0.2, -0.15) is 0 Å².